The minimum atomic E-state index is 0.00262. The van der Waals surface area contributed by atoms with Gasteiger partial charge in [-0.2, -0.15) is 0 Å². The first-order chi connectivity index (χ1) is 14.0. The molecule has 0 bridgehead atoms. The number of benzene rings is 2. The molecule has 0 spiro atoms. The summed E-state index contributed by atoms with van der Waals surface area (Å²) in [4.78, 5) is 16.9. The molecule has 29 heavy (non-hydrogen) atoms. The van der Waals surface area contributed by atoms with Gasteiger partial charge in [0.05, 0.1) is 12.2 Å². The van der Waals surface area contributed by atoms with Crippen molar-refractivity contribution >= 4 is 5.91 Å². The zero-order valence-electron chi connectivity index (χ0n) is 17.3. The minimum absolute atomic E-state index is 0.00262. The fourth-order valence-electron chi connectivity index (χ4n) is 4.03. The number of rotatable bonds is 5. The molecule has 0 radical (unpaired) electrons. The standard InChI is InChI=1S/C23H28N2O4/c1-16-11-25(12-17(2)29-16)14-18-4-7-20(8-5-18)23(26)24(3)13-19-6-9-21-22(10-19)28-15-27-21/h4-10,16-17H,11-15H2,1-3H3. The molecule has 0 aromatic heterocycles. The number of carbonyl (C=O) groups is 1. The van der Waals surface area contributed by atoms with Crippen LogP contribution in [-0.2, 0) is 17.8 Å². The number of ether oxygens (including phenoxy) is 3. The number of nitrogens with zero attached hydrogens (tertiary/aromatic N) is 2. The topological polar surface area (TPSA) is 51.2 Å². The van der Waals surface area contributed by atoms with Gasteiger partial charge in [0.15, 0.2) is 11.5 Å². The van der Waals surface area contributed by atoms with E-state index in [0.717, 1.165) is 36.7 Å². The number of hydrogen-bond donors (Lipinski definition) is 0. The van der Waals surface area contributed by atoms with E-state index in [1.54, 1.807) is 4.90 Å². The van der Waals surface area contributed by atoms with E-state index in [-0.39, 0.29) is 24.9 Å². The second-order valence-electron chi connectivity index (χ2n) is 8.00. The second kappa shape index (κ2) is 8.43. The summed E-state index contributed by atoms with van der Waals surface area (Å²) in [5, 5.41) is 0. The molecule has 2 aromatic rings. The van der Waals surface area contributed by atoms with E-state index in [1.807, 2.05) is 49.5 Å². The third-order valence-corrected chi connectivity index (χ3v) is 5.31. The van der Waals surface area contributed by atoms with Crippen LogP contribution in [0.2, 0.25) is 0 Å². The summed E-state index contributed by atoms with van der Waals surface area (Å²) >= 11 is 0. The number of fused-ring (bicyclic) bond motifs is 1. The highest BCUT2D eigenvalue weighted by molar-refractivity contribution is 5.94. The van der Waals surface area contributed by atoms with Crippen LogP contribution in [-0.4, -0.2) is 54.8 Å². The fourth-order valence-corrected chi connectivity index (χ4v) is 4.03. The van der Waals surface area contributed by atoms with Gasteiger partial charge in [0.1, 0.15) is 0 Å². The molecule has 0 aliphatic carbocycles. The van der Waals surface area contributed by atoms with Crippen LogP contribution in [0.5, 0.6) is 11.5 Å². The van der Waals surface area contributed by atoms with Gasteiger partial charge in [-0.15, -0.1) is 0 Å². The highest BCUT2D eigenvalue weighted by Gasteiger charge is 2.22. The smallest absolute Gasteiger partial charge is 0.253 e. The summed E-state index contributed by atoms with van der Waals surface area (Å²) < 4.78 is 16.6. The summed E-state index contributed by atoms with van der Waals surface area (Å²) in [6.07, 6.45) is 0.508. The Hall–Kier alpha value is -2.57. The summed E-state index contributed by atoms with van der Waals surface area (Å²) in [5.41, 5.74) is 2.92. The number of hydrogen-bond acceptors (Lipinski definition) is 5. The lowest BCUT2D eigenvalue weighted by Gasteiger charge is -2.35. The van der Waals surface area contributed by atoms with Crippen molar-refractivity contribution in [3.63, 3.8) is 0 Å². The van der Waals surface area contributed by atoms with Crippen molar-refractivity contribution in [2.24, 2.45) is 0 Å². The number of amides is 1. The lowest BCUT2D eigenvalue weighted by molar-refractivity contribution is -0.0704. The van der Waals surface area contributed by atoms with E-state index in [4.69, 9.17) is 14.2 Å². The van der Waals surface area contributed by atoms with Crippen molar-refractivity contribution in [3.8, 4) is 11.5 Å². The zero-order chi connectivity index (χ0) is 20.4. The van der Waals surface area contributed by atoms with Gasteiger partial charge in [0, 0.05) is 38.8 Å². The summed E-state index contributed by atoms with van der Waals surface area (Å²) in [6.45, 7) is 7.73. The molecule has 2 aliphatic heterocycles. The van der Waals surface area contributed by atoms with Gasteiger partial charge in [0.25, 0.3) is 5.91 Å². The Morgan fingerprint density at radius 3 is 2.38 bits per heavy atom. The SMILES string of the molecule is CC1CN(Cc2ccc(C(=O)N(C)Cc3ccc4c(c3)OCO4)cc2)CC(C)O1. The van der Waals surface area contributed by atoms with Gasteiger partial charge in [-0.05, 0) is 49.2 Å². The van der Waals surface area contributed by atoms with Gasteiger partial charge < -0.3 is 19.1 Å². The maximum Gasteiger partial charge on any atom is 0.253 e. The Morgan fingerprint density at radius 1 is 1.00 bits per heavy atom. The highest BCUT2D eigenvalue weighted by atomic mass is 16.7. The molecule has 2 heterocycles. The quantitative estimate of drug-likeness (QED) is 0.776. The molecule has 1 fully saturated rings. The first kappa shape index (κ1) is 19.7. The van der Waals surface area contributed by atoms with Crippen LogP contribution < -0.4 is 9.47 Å². The van der Waals surface area contributed by atoms with Crippen molar-refractivity contribution in [1.29, 1.82) is 0 Å². The summed E-state index contributed by atoms with van der Waals surface area (Å²) in [7, 11) is 1.82. The van der Waals surface area contributed by atoms with Crippen LogP contribution in [0.25, 0.3) is 0 Å². The Labute approximate surface area is 172 Å². The number of carbonyl (C=O) groups excluding carboxylic acids is 1. The molecule has 1 amide bonds. The first-order valence-electron chi connectivity index (χ1n) is 10.1. The van der Waals surface area contributed by atoms with Crippen molar-refractivity contribution in [2.45, 2.75) is 39.1 Å². The van der Waals surface area contributed by atoms with E-state index in [2.05, 4.69) is 18.7 Å². The monoisotopic (exact) mass is 396 g/mol. The van der Waals surface area contributed by atoms with Crippen molar-refractivity contribution in [2.75, 3.05) is 26.9 Å². The van der Waals surface area contributed by atoms with Crippen LogP contribution in [0.4, 0.5) is 0 Å². The summed E-state index contributed by atoms with van der Waals surface area (Å²) in [5.74, 6) is 1.49. The molecular formula is C23H28N2O4. The van der Waals surface area contributed by atoms with Crippen molar-refractivity contribution < 1.29 is 19.0 Å². The van der Waals surface area contributed by atoms with E-state index in [0.29, 0.717) is 12.1 Å². The second-order valence-corrected chi connectivity index (χ2v) is 8.00. The van der Waals surface area contributed by atoms with Crippen molar-refractivity contribution in [3.05, 3.63) is 59.2 Å². The third kappa shape index (κ3) is 4.71. The molecule has 154 valence electrons. The van der Waals surface area contributed by atoms with E-state index in [9.17, 15) is 4.79 Å². The summed E-state index contributed by atoms with van der Waals surface area (Å²) in [6, 6.07) is 13.7. The van der Waals surface area contributed by atoms with E-state index in [1.165, 1.54) is 5.56 Å². The van der Waals surface area contributed by atoms with Crippen molar-refractivity contribution in [1.82, 2.24) is 9.80 Å². The highest BCUT2D eigenvalue weighted by Crippen LogP contribution is 2.32. The van der Waals surface area contributed by atoms with Gasteiger partial charge in [-0.3, -0.25) is 9.69 Å². The molecule has 2 unspecified atom stereocenters. The maximum absolute atomic E-state index is 12.8. The van der Waals surface area contributed by atoms with Crippen LogP contribution in [0.1, 0.15) is 35.3 Å². The normalized spacial score (nSPS) is 21.2. The van der Waals surface area contributed by atoms with E-state index >= 15 is 0 Å². The minimum Gasteiger partial charge on any atom is -0.454 e. The zero-order valence-corrected chi connectivity index (χ0v) is 17.3. The molecule has 6 nitrogen and oxygen atoms in total. The van der Waals surface area contributed by atoms with Crippen LogP contribution >= 0.6 is 0 Å². The average Bonchev–Trinajstić information content (AvgIpc) is 3.15. The maximum atomic E-state index is 12.8. The Bertz CT molecular complexity index is 858. The van der Waals surface area contributed by atoms with E-state index < -0.39 is 0 Å². The third-order valence-electron chi connectivity index (χ3n) is 5.31. The largest absolute Gasteiger partial charge is 0.454 e. The lowest BCUT2D eigenvalue weighted by Crippen LogP contribution is -2.44. The predicted octanol–water partition coefficient (Wildman–Crippen LogP) is 3.30. The first-order valence-corrected chi connectivity index (χ1v) is 10.1. The average molecular weight is 396 g/mol. The Balaban J connectivity index is 1.36. The molecule has 0 N–H and O–H groups in total. The molecule has 4 rings (SSSR count). The number of morpholine rings is 1. The molecule has 0 saturated carbocycles. The predicted molar refractivity (Wildman–Crippen MR) is 110 cm³/mol. The Morgan fingerprint density at radius 2 is 1.66 bits per heavy atom. The molecule has 2 aliphatic rings. The molecule has 2 aromatic carbocycles. The fraction of sp³-hybridized carbons (Fsp3) is 0.435. The van der Waals surface area contributed by atoms with Crippen LogP contribution in [0.15, 0.2) is 42.5 Å². The van der Waals surface area contributed by atoms with Crippen LogP contribution in [0, 0.1) is 0 Å². The molecule has 1 saturated heterocycles. The van der Waals surface area contributed by atoms with Gasteiger partial charge in [-0.1, -0.05) is 18.2 Å². The van der Waals surface area contributed by atoms with Crippen LogP contribution in [0.3, 0.4) is 0 Å². The molecular weight excluding hydrogens is 368 g/mol. The van der Waals surface area contributed by atoms with Gasteiger partial charge in [-0.25, -0.2) is 0 Å². The Kier molecular flexibility index (Phi) is 5.74. The lowest BCUT2D eigenvalue weighted by atomic mass is 10.1. The van der Waals surface area contributed by atoms with Gasteiger partial charge in [0.2, 0.25) is 6.79 Å². The van der Waals surface area contributed by atoms with Gasteiger partial charge >= 0.3 is 0 Å². The molecule has 6 heteroatoms. The molecule has 2 atom stereocenters.